The summed E-state index contributed by atoms with van der Waals surface area (Å²) in [4.78, 5) is 0. The van der Waals surface area contributed by atoms with Gasteiger partial charge in [0.05, 0.1) is 13.2 Å². The molecule has 0 bridgehead atoms. The van der Waals surface area contributed by atoms with Crippen molar-refractivity contribution in [2.45, 2.75) is 100 Å². The van der Waals surface area contributed by atoms with Gasteiger partial charge in [0.15, 0.2) is 0 Å². The first kappa shape index (κ1) is 18.6. The first-order valence-corrected chi connectivity index (χ1v) is 12.1. The molecule has 2 atom stereocenters. The third-order valence-electron chi connectivity index (χ3n) is 7.97. The summed E-state index contributed by atoms with van der Waals surface area (Å²) in [5.41, 5.74) is 5.24. The van der Waals surface area contributed by atoms with Gasteiger partial charge in [-0.2, -0.15) is 0 Å². The highest BCUT2D eigenvalue weighted by molar-refractivity contribution is 5.46. The number of hydrogen-bond acceptors (Lipinski definition) is 3. The molecule has 0 spiro atoms. The fourth-order valence-electron chi connectivity index (χ4n) is 6.49. The number of epoxide rings is 2. The third kappa shape index (κ3) is 2.96. The minimum absolute atomic E-state index is 0.179. The molecule has 0 aromatic rings. The van der Waals surface area contributed by atoms with Crippen molar-refractivity contribution in [2.24, 2.45) is 0 Å². The third-order valence-corrected chi connectivity index (χ3v) is 7.97. The molecule has 156 valence electrons. The van der Waals surface area contributed by atoms with Crippen molar-refractivity contribution in [1.82, 2.24) is 0 Å². The Morgan fingerprint density at radius 1 is 0.586 bits per heavy atom. The summed E-state index contributed by atoms with van der Waals surface area (Å²) in [5.74, 6) is 0. The average Bonchev–Trinajstić information content (AvgIpc) is 3.41. The molecule has 0 N–H and O–H groups in total. The van der Waals surface area contributed by atoms with E-state index in [-0.39, 0.29) is 23.4 Å². The molecular weight excluding hydrogens is 360 g/mol. The van der Waals surface area contributed by atoms with Crippen molar-refractivity contribution < 1.29 is 14.2 Å². The molecule has 6 rings (SSSR count). The highest BCUT2D eigenvalue weighted by atomic mass is 16.6. The summed E-state index contributed by atoms with van der Waals surface area (Å²) in [6.45, 7) is 1.66. The van der Waals surface area contributed by atoms with Gasteiger partial charge in [0.25, 0.3) is 0 Å². The zero-order valence-electron chi connectivity index (χ0n) is 17.6. The van der Waals surface area contributed by atoms with E-state index in [1.807, 2.05) is 0 Å². The minimum atomic E-state index is -0.369. The molecule has 2 unspecified atom stereocenters. The van der Waals surface area contributed by atoms with Crippen molar-refractivity contribution in [3.63, 3.8) is 0 Å². The Hall–Kier alpha value is -1.16. The van der Waals surface area contributed by atoms with E-state index in [0.29, 0.717) is 0 Å². The molecule has 0 saturated carbocycles. The van der Waals surface area contributed by atoms with Crippen LogP contribution in [0.3, 0.4) is 0 Å². The Kier molecular flexibility index (Phi) is 4.63. The summed E-state index contributed by atoms with van der Waals surface area (Å²) in [7, 11) is 0. The lowest BCUT2D eigenvalue weighted by Gasteiger charge is -2.47. The topological polar surface area (TPSA) is 34.3 Å². The summed E-state index contributed by atoms with van der Waals surface area (Å²) in [5, 5.41) is 0. The Balaban J connectivity index is 1.51. The second kappa shape index (κ2) is 7.21. The van der Waals surface area contributed by atoms with Crippen molar-refractivity contribution in [3.8, 4) is 0 Å². The smallest absolute Gasteiger partial charge is 0.140 e. The molecule has 29 heavy (non-hydrogen) atoms. The second-order valence-corrected chi connectivity index (χ2v) is 9.70. The Bertz CT molecular complexity index is 677. The van der Waals surface area contributed by atoms with Crippen LogP contribution in [0.25, 0.3) is 0 Å². The molecule has 3 heteroatoms. The van der Waals surface area contributed by atoms with Crippen molar-refractivity contribution in [2.75, 3.05) is 13.2 Å². The summed E-state index contributed by atoms with van der Waals surface area (Å²) in [6, 6.07) is 0. The highest BCUT2D eigenvalue weighted by Gasteiger charge is 2.62. The lowest BCUT2D eigenvalue weighted by Crippen LogP contribution is -2.54. The zero-order chi connectivity index (χ0) is 19.3. The molecule has 4 aliphatic carbocycles. The van der Waals surface area contributed by atoms with Crippen molar-refractivity contribution in [1.29, 1.82) is 0 Å². The van der Waals surface area contributed by atoms with Crippen LogP contribution in [0.2, 0.25) is 0 Å². The monoisotopic (exact) mass is 394 g/mol. The molecule has 0 amide bonds. The molecule has 2 aliphatic heterocycles. The normalized spacial score (nSPS) is 31.6. The molecule has 6 aliphatic rings. The van der Waals surface area contributed by atoms with Crippen LogP contribution in [0.5, 0.6) is 0 Å². The number of rotatable bonds is 8. The van der Waals surface area contributed by atoms with Gasteiger partial charge >= 0.3 is 0 Å². The fourth-order valence-corrected chi connectivity index (χ4v) is 6.49. The van der Waals surface area contributed by atoms with E-state index in [4.69, 9.17) is 14.2 Å². The predicted molar refractivity (Wildman–Crippen MR) is 114 cm³/mol. The van der Waals surface area contributed by atoms with Gasteiger partial charge in [-0.1, -0.05) is 24.3 Å². The Morgan fingerprint density at radius 2 is 0.897 bits per heavy atom. The quantitative estimate of drug-likeness (QED) is 0.390. The maximum atomic E-state index is 7.69. The molecule has 0 radical (unpaired) electrons. The van der Waals surface area contributed by atoms with Gasteiger partial charge in [0.2, 0.25) is 0 Å². The van der Waals surface area contributed by atoms with Crippen molar-refractivity contribution in [3.05, 3.63) is 46.6 Å². The first-order valence-electron chi connectivity index (χ1n) is 12.1. The number of hydrogen-bond donors (Lipinski definition) is 0. The summed E-state index contributed by atoms with van der Waals surface area (Å²) in [6.07, 6.45) is 24.6. The molecular formula is C26H34O3. The lowest BCUT2D eigenvalue weighted by molar-refractivity contribution is -0.107. The molecule has 0 aromatic carbocycles. The number of allylic oxidation sites excluding steroid dienone is 4. The average molecular weight is 395 g/mol. The van der Waals surface area contributed by atoms with Gasteiger partial charge in [-0.05, 0) is 99.3 Å². The van der Waals surface area contributed by atoms with E-state index in [0.717, 1.165) is 38.9 Å². The van der Waals surface area contributed by atoms with E-state index < -0.39 is 0 Å². The van der Waals surface area contributed by atoms with Gasteiger partial charge in [-0.15, -0.1) is 0 Å². The van der Waals surface area contributed by atoms with Gasteiger partial charge < -0.3 is 14.2 Å². The first-order chi connectivity index (χ1) is 14.3. The Labute approximate surface area is 174 Å². The fraction of sp³-hybridized carbons (Fsp3) is 0.692. The SMILES string of the molecule is C1=C(C(OC(C2=CCCC2)(C2=CCCC2)C2CO2)(C2=CCCC2)C2CO2)CCC1. The molecule has 2 fully saturated rings. The highest BCUT2D eigenvalue weighted by Crippen LogP contribution is 2.56. The van der Waals surface area contributed by atoms with Crippen LogP contribution < -0.4 is 0 Å². The molecule has 0 aromatic heterocycles. The molecule has 2 heterocycles. The summed E-state index contributed by atoms with van der Waals surface area (Å²) < 4.78 is 19.9. The van der Waals surface area contributed by atoms with Crippen LogP contribution in [-0.4, -0.2) is 36.6 Å². The predicted octanol–water partition coefficient (Wildman–Crippen LogP) is 5.72. The van der Waals surface area contributed by atoms with Crippen LogP contribution >= 0.6 is 0 Å². The zero-order valence-corrected chi connectivity index (χ0v) is 17.6. The largest absolute Gasteiger partial charge is 0.369 e. The van der Waals surface area contributed by atoms with E-state index in [1.165, 1.54) is 73.7 Å². The van der Waals surface area contributed by atoms with Crippen LogP contribution in [0.15, 0.2) is 46.6 Å². The molecule has 3 nitrogen and oxygen atoms in total. The van der Waals surface area contributed by atoms with Gasteiger partial charge in [-0.25, -0.2) is 0 Å². The van der Waals surface area contributed by atoms with E-state index >= 15 is 0 Å². The second-order valence-electron chi connectivity index (χ2n) is 9.70. The van der Waals surface area contributed by atoms with Crippen LogP contribution in [-0.2, 0) is 14.2 Å². The van der Waals surface area contributed by atoms with E-state index in [9.17, 15) is 0 Å². The maximum absolute atomic E-state index is 7.69. The van der Waals surface area contributed by atoms with E-state index in [1.54, 1.807) is 0 Å². The van der Waals surface area contributed by atoms with E-state index in [2.05, 4.69) is 24.3 Å². The standard InChI is InChI=1S/C26H34O3/c1-2-10-19(9-1)25(23-17-27-23,20-11-3-4-12-20)29-26(24-18-28-24,21-13-5-6-14-21)22-15-7-8-16-22/h9,11,13,15,23-24H,1-8,10,12,14,16-18H2. The van der Waals surface area contributed by atoms with Crippen LogP contribution in [0, 0.1) is 0 Å². The van der Waals surface area contributed by atoms with Gasteiger partial charge in [0.1, 0.15) is 23.4 Å². The number of ether oxygens (including phenoxy) is 3. The lowest BCUT2D eigenvalue weighted by atomic mass is 9.76. The van der Waals surface area contributed by atoms with Gasteiger partial charge in [0, 0.05) is 0 Å². The minimum Gasteiger partial charge on any atom is -0.369 e. The Morgan fingerprint density at radius 3 is 1.10 bits per heavy atom. The maximum Gasteiger partial charge on any atom is 0.140 e. The van der Waals surface area contributed by atoms with Crippen molar-refractivity contribution >= 4 is 0 Å². The summed E-state index contributed by atoms with van der Waals surface area (Å²) >= 11 is 0. The van der Waals surface area contributed by atoms with Gasteiger partial charge in [-0.3, -0.25) is 0 Å². The molecule has 2 saturated heterocycles. The van der Waals surface area contributed by atoms with Crippen LogP contribution in [0.4, 0.5) is 0 Å². The van der Waals surface area contributed by atoms with Crippen LogP contribution in [0.1, 0.15) is 77.0 Å².